The number of hydrogen-bond acceptors (Lipinski definition) is 3. The van der Waals surface area contributed by atoms with E-state index >= 15 is 0 Å². The number of thiazole rings is 1. The minimum Gasteiger partial charge on any atom is -0.316 e. The van der Waals surface area contributed by atoms with E-state index in [1.807, 2.05) is 18.2 Å². The first-order chi connectivity index (χ1) is 7.74. The van der Waals surface area contributed by atoms with Gasteiger partial charge in [0.25, 0.3) is 0 Å². The molecule has 1 aliphatic heterocycles. The van der Waals surface area contributed by atoms with Crippen molar-refractivity contribution in [2.24, 2.45) is 5.92 Å². The van der Waals surface area contributed by atoms with Crippen LogP contribution in [0.15, 0.2) is 18.2 Å². The standard InChI is InChI=1S/C12H13ClN2S/c1-7(8-5-14-6-8)12-15-10-3-2-9(13)4-11(10)16-12/h2-4,7-8,14H,5-6H2,1H3. The van der Waals surface area contributed by atoms with Gasteiger partial charge in [0.2, 0.25) is 0 Å². The van der Waals surface area contributed by atoms with Crippen LogP contribution >= 0.6 is 22.9 Å². The minimum absolute atomic E-state index is 0.553. The third-order valence-corrected chi connectivity index (χ3v) is 4.73. The summed E-state index contributed by atoms with van der Waals surface area (Å²) in [7, 11) is 0. The first-order valence-corrected chi connectivity index (χ1v) is 6.70. The van der Waals surface area contributed by atoms with Gasteiger partial charge in [-0.25, -0.2) is 4.98 Å². The lowest BCUT2D eigenvalue weighted by atomic mass is 9.89. The molecule has 1 saturated heterocycles. The highest BCUT2D eigenvalue weighted by molar-refractivity contribution is 7.18. The van der Waals surface area contributed by atoms with Gasteiger partial charge >= 0.3 is 0 Å². The van der Waals surface area contributed by atoms with E-state index in [4.69, 9.17) is 11.6 Å². The maximum Gasteiger partial charge on any atom is 0.0970 e. The molecule has 0 spiro atoms. The van der Waals surface area contributed by atoms with E-state index in [1.54, 1.807) is 11.3 Å². The summed E-state index contributed by atoms with van der Waals surface area (Å²) >= 11 is 7.75. The van der Waals surface area contributed by atoms with Crippen LogP contribution < -0.4 is 5.32 Å². The Balaban J connectivity index is 1.97. The maximum absolute atomic E-state index is 5.98. The lowest BCUT2D eigenvalue weighted by Crippen LogP contribution is -2.44. The van der Waals surface area contributed by atoms with Gasteiger partial charge in [-0.2, -0.15) is 0 Å². The Morgan fingerprint density at radius 2 is 2.31 bits per heavy atom. The maximum atomic E-state index is 5.98. The number of nitrogens with one attached hydrogen (secondary N) is 1. The second-order valence-corrected chi connectivity index (χ2v) is 5.87. The van der Waals surface area contributed by atoms with Crippen molar-refractivity contribution in [3.63, 3.8) is 0 Å². The summed E-state index contributed by atoms with van der Waals surface area (Å²) in [5, 5.41) is 5.34. The molecule has 0 saturated carbocycles. The quantitative estimate of drug-likeness (QED) is 0.887. The van der Waals surface area contributed by atoms with Crippen LogP contribution in [0.25, 0.3) is 10.2 Å². The highest BCUT2D eigenvalue weighted by Crippen LogP contribution is 2.34. The van der Waals surface area contributed by atoms with Crippen LogP contribution in [0, 0.1) is 5.92 Å². The van der Waals surface area contributed by atoms with Crippen LogP contribution in [-0.2, 0) is 0 Å². The molecule has 1 aromatic carbocycles. The van der Waals surface area contributed by atoms with Gasteiger partial charge in [-0.05, 0) is 37.2 Å². The van der Waals surface area contributed by atoms with Crippen LogP contribution in [0.5, 0.6) is 0 Å². The lowest BCUT2D eigenvalue weighted by molar-refractivity contribution is 0.303. The highest BCUT2D eigenvalue weighted by atomic mass is 35.5. The molecular formula is C12H13ClN2S. The molecule has 16 heavy (non-hydrogen) atoms. The Morgan fingerprint density at radius 1 is 1.50 bits per heavy atom. The van der Waals surface area contributed by atoms with Crippen LogP contribution in [0.1, 0.15) is 17.8 Å². The molecule has 2 nitrogen and oxygen atoms in total. The van der Waals surface area contributed by atoms with Gasteiger partial charge in [-0.15, -0.1) is 11.3 Å². The zero-order chi connectivity index (χ0) is 11.1. The third-order valence-electron chi connectivity index (χ3n) is 3.28. The summed E-state index contributed by atoms with van der Waals surface area (Å²) in [6, 6.07) is 5.91. The predicted octanol–water partition coefficient (Wildman–Crippen LogP) is 3.27. The van der Waals surface area contributed by atoms with E-state index in [-0.39, 0.29) is 0 Å². The van der Waals surface area contributed by atoms with E-state index in [1.165, 1.54) is 9.71 Å². The minimum atomic E-state index is 0.553. The number of benzene rings is 1. The number of halogens is 1. The molecule has 0 aliphatic carbocycles. The van der Waals surface area contributed by atoms with E-state index in [0.29, 0.717) is 5.92 Å². The van der Waals surface area contributed by atoms with E-state index in [9.17, 15) is 0 Å². The van der Waals surface area contributed by atoms with Crippen molar-refractivity contribution in [1.29, 1.82) is 0 Å². The van der Waals surface area contributed by atoms with E-state index < -0.39 is 0 Å². The van der Waals surface area contributed by atoms with Crippen LogP contribution in [0.2, 0.25) is 5.02 Å². The molecule has 0 radical (unpaired) electrons. The molecular weight excluding hydrogens is 240 g/mol. The molecule has 1 fully saturated rings. The van der Waals surface area contributed by atoms with Gasteiger partial charge in [0, 0.05) is 10.9 Å². The molecule has 3 rings (SSSR count). The summed E-state index contributed by atoms with van der Waals surface area (Å²) in [5.41, 5.74) is 1.07. The van der Waals surface area contributed by atoms with Crippen molar-refractivity contribution in [2.75, 3.05) is 13.1 Å². The molecule has 2 aromatic rings. The monoisotopic (exact) mass is 252 g/mol. The zero-order valence-electron chi connectivity index (χ0n) is 9.03. The Hall–Kier alpha value is -0.640. The molecule has 1 aliphatic rings. The van der Waals surface area contributed by atoms with Gasteiger partial charge in [-0.3, -0.25) is 0 Å². The van der Waals surface area contributed by atoms with Gasteiger partial charge in [0.15, 0.2) is 0 Å². The number of hydrogen-bond donors (Lipinski definition) is 1. The molecule has 1 atom stereocenters. The predicted molar refractivity (Wildman–Crippen MR) is 69.4 cm³/mol. The summed E-state index contributed by atoms with van der Waals surface area (Å²) in [6.07, 6.45) is 0. The first kappa shape index (κ1) is 10.5. The van der Waals surface area contributed by atoms with Gasteiger partial charge in [-0.1, -0.05) is 18.5 Å². The normalized spacial score (nSPS) is 18.6. The van der Waals surface area contributed by atoms with Crippen molar-refractivity contribution in [3.05, 3.63) is 28.2 Å². The second kappa shape index (κ2) is 3.99. The lowest BCUT2D eigenvalue weighted by Gasteiger charge is -2.31. The average molecular weight is 253 g/mol. The van der Waals surface area contributed by atoms with Crippen molar-refractivity contribution in [1.82, 2.24) is 10.3 Å². The molecule has 84 valence electrons. The second-order valence-electron chi connectivity index (χ2n) is 4.37. The molecule has 4 heteroatoms. The summed E-state index contributed by atoms with van der Waals surface area (Å²) in [6.45, 7) is 4.51. The summed E-state index contributed by atoms with van der Waals surface area (Å²) in [4.78, 5) is 4.69. The SMILES string of the molecule is CC(c1nc2ccc(Cl)cc2s1)C1CNC1. The summed E-state index contributed by atoms with van der Waals surface area (Å²) < 4.78 is 1.20. The van der Waals surface area contributed by atoms with Gasteiger partial charge in [0.05, 0.1) is 15.2 Å². The number of aromatic nitrogens is 1. The molecule has 0 bridgehead atoms. The van der Waals surface area contributed by atoms with Gasteiger partial charge < -0.3 is 5.32 Å². The number of rotatable bonds is 2. The molecule has 0 amide bonds. The van der Waals surface area contributed by atoms with Crippen molar-refractivity contribution in [2.45, 2.75) is 12.8 Å². The Labute approximate surface area is 104 Å². The fourth-order valence-electron chi connectivity index (χ4n) is 1.98. The van der Waals surface area contributed by atoms with E-state index in [0.717, 1.165) is 29.5 Å². The zero-order valence-corrected chi connectivity index (χ0v) is 10.6. The van der Waals surface area contributed by atoms with Crippen molar-refractivity contribution in [3.8, 4) is 0 Å². The average Bonchev–Trinajstić information content (AvgIpc) is 2.57. The smallest absolute Gasteiger partial charge is 0.0970 e. The first-order valence-electron chi connectivity index (χ1n) is 5.51. The third kappa shape index (κ3) is 1.73. The number of fused-ring (bicyclic) bond motifs is 1. The fraction of sp³-hybridized carbons (Fsp3) is 0.417. The summed E-state index contributed by atoms with van der Waals surface area (Å²) in [5.74, 6) is 1.30. The fourth-order valence-corrected chi connectivity index (χ4v) is 3.37. The highest BCUT2D eigenvalue weighted by Gasteiger charge is 2.26. The molecule has 1 aromatic heterocycles. The largest absolute Gasteiger partial charge is 0.316 e. The van der Waals surface area contributed by atoms with Crippen LogP contribution in [0.3, 0.4) is 0 Å². The van der Waals surface area contributed by atoms with Crippen LogP contribution in [-0.4, -0.2) is 18.1 Å². The van der Waals surface area contributed by atoms with E-state index in [2.05, 4.69) is 17.2 Å². The molecule has 1 unspecified atom stereocenters. The Kier molecular flexibility index (Phi) is 2.62. The van der Waals surface area contributed by atoms with Crippen molar-refractivity contribution < 1.29 is 0 Å². The van der Waals surface area contributed by atoms with Gasteiger partial charge in [0.1, 0.15) is 0 Å². The molecule has 1 N–H and O–H groups in total. The molecule has 2 heterocycles. The Morgan fingerprint density at radius 3 is 3.00 bits per heavy atom. The number of nitrogens with zero attached hydrogens (tertiary/aromatic N) is 1. The van der Waals surface area contributed by atoms with Crippen molar-refractivity contribution >= 4 is 33.2 Å². The topological polar surface area (TPSA) is 24.9 Å². The Bertz CT molecular complexity index is 519. The van der Waals surface area contributed by atoms with Crippen LogP contribution in [0.4, 0.5) is 0 Å².